The van der Waals surface area contributed by atoms with E-state index in [9.17, 15) is 4.79 Å². The lowest BCUT2D eigenvalue weighted by Gasteiger charge is -2.03. The number of hydrogen-bond donors (Lipinski definition) is 1. The fourth-order valence-corrected chi connectivity index (χ4v) is 0.739. The highest BCUT2D eigenvalue weighted by molar-refractivity contribution is 5.02. The molecule has 0 amide bonds. The summed E-state index contributed by atoms with van der Waals surface area (Å²) in [6.45, 7) is -4.02. The van der Waals surface area contributed by atoms with E-state index in [1.807, 2.05) is 0 Å². The average Bonchev–Trinajstić information content (AvgIpc) is 1.93. The van der Waals surface area contributed by atoms with Crippen LogP contribution >= 0.6 is 0 Å². The van der Waals surface area contributed by atoms with Crippen LogP contribution in [0.5, 0.6) is 0 Å². The molecule has 0 saturated carbocycles. The molecule has 60 valence electrons. The Morgan fingerprint density at radius 3 is 3.00 bits per heavy atom. The van der Waals surface area contributed by atoms with E-state index in [1.165, 1.54) is 13.0 Å². The average molecular weight is 158 g/mol. The molecule has 1 aromatic rings. The summed E-state index contributed by atoms with van der Waals surface area (Å²) in [6, 6.07) is 1.17. The monoisotopic (exact) mass is 158 g/mol. The zero-order valence-corrected chi connectivity index (χ0v) is 6.01. The number of aromatic nitrogens is 2. The van der Waals surface area contributed by atoms with Crippen molar-refractivity contribution in [3.63, 3.8) is 0 Å². The van der Waals surface area contributed by atoms with Gasteiger partial charge in [0.05, 0.1) is 0 Å². The second-order valence-electron chi connectivity index (χ2n) is 2.21. The Bertz CT molecular complexity index is 446. The summed E-state index contributed by atoms with van der Waals surface area (Å²) in [7, 11) is 0. The molecule has 0 aliphatic rings. The predicted molar refractivity (Wildman–Crippen MR) is 43.7 cm³/mol. The molecule has 3 heteroatoms. The molecule has 1 aromatic heterocycles. The van der Waals surface area contributed by atoms with E-state index < -0.39 is 25.2 Å². The van der Waals surface area contributed by atoms with Crippen molar-refractivity contribution in [2.24, 2.45) is 0 Å². The number of hydrogen-bond acceptors (Lipinski definition) is 2. The van der Waals surface area contributed by atoms with Crippen molar-refractivity contribution in [3.8, 4) is 0 Å². The molecule has 1 N–H and O–H groups in total. The molecule has 0 saturated heterocycles. The molecule has 3 nitrogen and oxygen atoms in total. The van der Waals surface area contributed by atoms with E-state index >= 15 is 0 Å². The SMILES string of the molecule is [2H]C([2H])([2H])C(c1nc(C)cc(=O)[nH]1)C([2H])([2H])[2H]. The maximum Gasteiger partial charge on any atom is 0.251 e. The molecule has 0 aliphatic heterocycles. The number of nitrogens with zero attached hydrogens (tertiary/aromatic N) is 1. The number of rotatable bonds is 1. The van der Waals surface area contributed by atoms with E-state index in [0.29, 0.717) is 0 Å². The highest BCUT2D eigenvalue weighted by Gasteiger charge is 2.01. The van der Waals surface area contributed by atoms with Crippen LogP contribution in [0.3, 0.4) is 0 Å². The van der Waals surface area contributed by atoms with Gasteiger partial charge >= 0.3 is 0 Å². The van der Waals surface area contributed by atoms with Gasteiger partial charge in [-0.25, -0.2) is 4.98 Å². The van der Waals surface area contributed by atoms with Crippen LogP contribution in [0.1, 0.15) is 39.4 Å². The van der Waals surface area contributed by atoms with Crippen molar-refractivity contribution in [2.45, 2.75) is 26.5 Å². The molecule has 0 spiro atoms. The third-order valence-corrected chi connectivity index (χ3v) is 1.16. The van der Waals surface area contributed by atoms with E-state index in [0.717, 1.165) is 0 Å². The first kappa shape index (κ1) is 3.09. The lowest BCUT2D eigenvalue weighted by Crippen LogP contribution is -2.12. The summed E-state index contributed by atoms with van der Waals surface area (Å²) in [5, 5.41) is 0. The highest BCUT2D eigenvalue weighted by Crippen LogP contribution is 2.05. The Morgan fingerprint density at radius 1 is 1.73 bits per heavy atom. The first-order valence-corrected chi connectivity index (χ1v) is 3.09. The summed E-state index contributed by atoms with van der Waals surface area (Å²) < 4.78 is 43.4. The standard InChI is InChI=1S/C8H12N2O/c1-5(2)8-9-6(3)4-7(11)10-8/h4-5H,1-3H3,(H,9,10,11)/i1D3,2D3. The molecular weight excluding hydrogens is 140 g/mol. The Labute approximate surface area is 73.9 Å². The predicted octanol–water partition coefficient (Wildman–Crippen LogP) is 1.20. The molecule has 0 aliphatic carbocycles. The minimum atomic E-state index is -2.75. The molecule has 0 unspecified atom stereocenters. The second kappa shape index (κ2) is 2.86. The van der Waals surface area contributed by atoms with Crippen LogP contribution in [0.4, 0.5) is 0 Å². The number of aryl methyl sites for hydroxylation is 1. The minimum Gasteiger partial charge on any atom is -0.310 e. The fraction of sp³-hybridized carbons (Fsp3) is 0.500. The van der Waals surface area contributed by atoms with E-state index in [2.05, 4.69) is 9.97 Å². The fourth-order valence-electron chi connectivity index (χ4n) is 0.739. The zero-order valence-electron chi connectivity index (χ0n) is 12.0. The Kier molecular flexibility index (Phi) is 0.804. The number of aromatic amines is 1. The van der Waals surface area contributed by atoms with Gasteiger partial charge in [-0.05, 0) is 6.92 Å². The van der Waals surface area contributed by atoms with Crippen LogP contribution in [0, 0.1) is 6.92 Å². The van der Waals surface area contributed by atoms with Crippen molar-refractivity contribution in [1.29, 1.82) is 0 Å². The topological polar surface area (TPSA) is 45.8 Å². The van der Waals surface area contributed by atoms with Gasteiger partial charge in [0, 0.05) is 25.9 Å². The van der Waals surface area contributed by atoms with Gasteiger partial charge in [-0.15, -0.1) is 0 Å². The summed E-state index contributed by atoms with van der Waals surface area (Å²) >= 11 is 0. The molecule has 1 rings (SSSR count). The van der Waals surface area contributed by atoms with Gasteiger partial charge < -0.3 is 4.98 Å². The molecule has 0 aromatic carbocycles. The van der Waals surface area contributed by atoms with Crippen LogP contribution in [-0.2, 0) is 0 Å². The highest BCUT2D eigenvalue weighted by atomic mass is 16.1. The van der Waals surface area contributed by atoms with Crippen molar-refractivity contribution >= 4 is 0 Å². The summed E-state index contributed by atoms with van der Waals surface area (Å²) in [6.07, 6.45) is 0. The van der Waals surface area contributed by atoms with Gasteiger partial charge in [0.1, 0.15) is 5.82 Å². The van der Waals surface area contributed by atoms with Gasteiger partial charge in [0.2, 0.25) is 0 Å². The van der Waals surface area contributed by atoms with Crippen LogP contribution in [0.25, 0.3) is 0 Å². The second-order valence-corrected chi connectivity index (χ2v) is 2.21. The van der Waals surface area contributed by atoms with E-state index in [4.69, 9.17) is 8.22 Å². The zero-order chi connectivity index (χ0) is 13.4. The van der Waals surface area contributed by atoms with Crippen LogP contribution < -0.4 is 5.56 Å². The van der Waals surface area contributed by atoms with E-state index in [-0.39, 0.29) is 11.5 Å². The summed E-state index contributed by atoms with van der Waals surface area (Å²) in [5.41, 5.74) is -0.284. The molecule has 11 heavy (non-hydrogen) atoms. The quantitative estimate of drug-likeness (QED) is 0.667. The smallest absolute Gasteiger partial charge is 0.251 e. The molecule has 0 atom stereocenters. The van der Waals surface area contributed by atoms with Gasteiger partial charge in [0.25, 0.3) is 5.56 Å². The normalized spacial score (nSPS) is 20.9. The summed E-state index contributed by atoms with van der Waals surface area (Å²) in [4.78, 5) is 17.2. The molecule has 0 radical (unpaired) electrons. The van der Waals surface area contributed by atoms with Gasteiger partial charge in [0.15, 0.2) is 0 Å². The maximum atomic E-state index is 11.2. The van der Waals surface area contributed by atoms with Gasteiger partial charge in [-0.1, -0.05) is 13.7 Å². The number of H-pyrrole nitrogens is 1. The lowest BCUT2D eigenvalue weighted by molar-refractivity contribution is 0.758. The minimum absolute atomic E-state index is 0.280. The molecule has 0 fully saturated rings. The Morgan fingerprint density at radius 2 is 2.45 bits per heavy atom. The Hall–Kier alpha value is -1.12. The van der Waals surface area contributed by atoms with Gasteiger partial charge in [-0.2, -0.15) is 0 Å². The van der Waals surface area contributed by atoms with Gasteiger partial charge in [-0.3, -0.25) is 4.79 Å². The third kappa shape index (κ3) is 1.90. The largest absolute Gasteiger partial charge is 0.310 e. The maximum absolute atomic E-state index is 11.2. The van der Waals surface area contributed by atoms with Crippen molar-refractivity contribution in [3.05, 3.63) is 27.9 Å². The number of nitrogens with one attached hydrogen (secondary N) is 1. The van der Waals surface area contributed by atoms with Crippen LogP contribution in [-0.4, -0.2) is 9.97 Å². The summed E-state index contributed by atoms with van der Waals surface area (Å²) in [5.74, 6) is -2.11. The van der Waals surface area contributed by atoms with Crippen LogP contribution in [0.2, 0.25) is 0 Å². The Balaban J connectivity index is 3.38. The van der Waals surface area contributed by atoms with E-state index in [1.54, 1.807) is 0 Å². The third-order valence-electron chi connectivity index (χ3n) is 1.16. The first-order valence-electron chi connectivity index (χ1n) is 6.09. The first-order chi connectivity index (χ1) is 7.51. The molecular formula is C8H12N2O. The lowest BCUT2D eigenvalue weighted by atomic mass is 10.2. The van der Waals surface area contributed by atoms with Crippen molar-refractivity contribution < 1.29 is 8.22 Å². The molecule has 1 heterocycles. The van der Waals surface area contributed by atoms with Crippen LogP contribution in [0.15, 0.2) is 10.9 Å². The van der Waals surface area contributed by atoms with Crippen molar-refractivity contribution in [2.75, 3.05) is 0 Å². The van der Waals surface area contributed by atoms with Crippen molar-refractivity contribution in [1.82, 2.24) is 9.97 Å². The molecule has 0 bridgehead atoms.